The monoisotopic (exact) mass is 353 g/mol. The van der Waals surface area contributed by atoms with Crippen LogP contribution in [0.2, 0.25) is 5.02 Å². The molecule has 0 bridgehead atoms. The first kappa shape index (κ1) is 17.9. The zero-order valence-corrected chi connectivity index (χ0v) is 14.0. The van der Waals surface area contributed by atoms with E-state index in [0.29, 0.717) is 17.2 Å². The normalized spacial score (nSPS) is 10.2. The standard InChI is InChI=1S/C17H17ClFNO4/c1-22-15-5-3-4-11(17(15)23-2)9-20-16(21)10-24-12-6-7-14(19)13(18)8-12/h3-8H,9-10H2,1-2H3,(H,20,21). The number of amides is 1. The molecule has 2 aromatic carbocycles. The van der Waals surface area contributed by atoms with Gasteiger partial charge in [0, 0.05) is 18.2 Å². The lowest BCUT2D eigenvalue weighted by atomic mass is 10.2. The van der Waals surface area contributed by atoms with Crippen LogP contribution < -0.4 is 19.5 Å². The van der Waals surface area contributed by atoms with E-state index in [4.69, 9.17) is 25.8 Å². The van der Waals surface area contributed by atoms with Gasteiger partial charge in [0.1, 0.15) is 11.6 Å². The SMILES string of the molecule is COc1cccc(CNC(=O)COc2ccc(F)c(Cl)c2)c1OC. The number of carbonyl (C=O) groups is 1. The average molecular weight is 354 g/mol. The van der Waals surface area contributed by atoms with Crippen molar-refractivity contribution in [1.29, 1.82) is 0 Å². The molecular formula is C17H17ClFNO4. The van der Waals surface area contributed by atoms with Crippen LogP contribution >= 0.6 is 11.6 Å². The van der Waals surface area contributed by atoms with Gasteiger partial charge in [-0.15, -0.1) is 0 Å². The van der Waals surface area contributed by atoms with Crippen molar-refractivity contribution in [2.24, 2.45) is 0 Å². The number of benzene rings is 2. The predicted octanol–water partition coefficient (Wildman–Crippen LogP) is 3.19. The number of hydrogen-bond acceptors (Lipinski definition) is 4. The fraction of sp³-hybridized carbons (Fsp3) is 0.235. The molecule has 0 atom stereocenters. The molecule has 2 aromatic rings. The molecule has 0 aliphatic rings. The quantitative estimate of drug-likeness (QED) is 0.830. The molecule has 0 saturated heterocycles. The highest BCUT2D eigenvalue weighted by Crippen LogP contribution is 2.30. The van der Waals surface area contributed by atoms with Crippen molar-refractivity contribution < 1.29 is 23.4 Å². The Labute approximate surface area is 144 Å². The van der Waals surface area contributed by atoms with Gasteiger partial charge < -0.3 is 19.5 Å². The first-order valence-electron chi connectivity index (χ1n) is 7.09. The molecule has 1 N–H and O–H groups in total. The lowest BCUT2D eigenvalue weighted by molar-refractivity contribution is -0.123. The van der Waals surface area contributed by atoms with Gasteiger partial charge in [-0.2, -0.15) is 0 Å². The fourth-order valence-corrected chi connectivity index (χ4v) is 2.22. The molecule has 0 unspecified atom stereocenters. The Kier molecular flexibility index (Phi) is 6.26. The number of rotatable bonds is 7. The van der Waals surface area contributed by atoms with E-state index < -0.39 is 5.82 Å². The van der Waals surface area contributed by atoms with Crippen molar-refractivity contribution in [2.75, 3.05) is 20.8 Å². The van der Waals surface area contributed by atoms with Crippen molar-refractivity contribution >= 4 is 17.5 Å². The summed E-state index contributed by atoms with van der Waals surface area (Å²) in [6.07, 6.45) is 0. The Hall–Kier alpha value is -2.47. The number of carbonyl (C=O) groups excluding carboxylic acids is 1. The molecule has 0 heterocycles. The number of hydrogen-bond donors (Lipinski definition) is 1. The maximum absolute atomic E-state index is 13.1. The van der Waals surface area contributed by atoms with E-state index in [2.05, 4.69) is 5.32 Å². The lowest BCUT2D eigenvalue weighted by Gasteiger charge is -2.13. The van der Waals surface area contributed by atoms with Gasteiger partial charge in [-0.1, -0.05) is 23.7 Å². The van der Waals surface area contributed by atoms with Crippen LogP contribution in [0, 0.1) is 5.82 Å². The van der Waals surface area contributed by atoms with Crippen LogP contribution in [-0.2, 0) is 11.3 Å². The van der Waals surface area contributed by atoms with Crippen LogP contribution in [0.25, 0.3) is 0 Å². The van der Waals surface area contributed by atoms with E-state index >= 15 is 0 Å². The number of para-hydroxylation sites is 1. The summed E-state index contributed by atoms with van der Waals surface area (Å²) in [6.45, 7) is 0.0426. The molecule has 5 nitrogen and oxygen atoms in total. The van der Waals surface area contributed by atoms with Gasteiger partial charge in [0.25, 0.3) is 5.91 Å². The summed E-state index contributed by atoms with van der Waals surface area (Å²) in [5.41, 5.74) is 0.773. The highest BCUT2D eigenvalue weighted by molar-refractivity contribution is 6.30. The van der Waals surface area contributed by atoms with E-state index in [1.54, 1.807) is 19.2 Å². The third-order valence-electron chi connectivity index (χ3n) is 3.22. The summed E-state index contributed by atoms with van der Waals surface area (Å²) in [5, 5.41) is 2.65. The van der Waals surface area contributed by atoms with Crippen LogP contribution in [-0.4, -0.2) is 26.7 Å². The number of nitrogens with one attached hydrogen (secondary N) is 1. The Balaban J connectivity index is 1.90. The average Bonchev–Trinajstić information content (AvgIpc) is 2.60. The molecule has 0 saturated carbocycles. The largest absolute Gasteiger partial charge is 0.493 e. The molecule has 128 valence electrons. The summed E-state index contributed by atoms with van der Waals surface area (Å²) >= 11 is 5.65. The minimum atomic E-state index is -0.543. The van der Waals surface area contributed by atoms with Crippen molar-refractivity contribution in [3.05, 3.63) is 52.8 Å². The summed E-state index contributed by atoms with van der Waals surface area (Å²) in [5.74, 6) is 0.586. The second-order valence-electron chi connectivity index (χ2n) is 4.79. The zero-order chi connectivity index (χ0) is 17.5. The van der Waals surface area contributed by atoms with Crippen molar-refractivity contribution in [2.45, 2.75) is 6.54 Å². The second-order valence-corrected chi connectivity index (χ2v) is 5.20. The van der Waals surface area contributed by atoms with Gasteiger partial charge in [0.2, 0.25) is 0 Å². The fourth-order valence-electron chi connectivity index (χ4n) is 2.05. The number of methoxy groups -OCH3 is 2. The van der Waals surface area contributed by atoms with E-state index in [1.165, 1.54) is 25.3 Å². The Morgan fingerprint density at radius 3 is 2.67 bits per heavy atom. The van der Waals surface area contributed by atoms with E-state index in [-0.39, 0.29) is 24.1 Å². The first-order valence-corrected chi connectivity index (χ1v) is 7.47. The Bertz CT molecular complexity index is 724. The summed E-state index contributed by atoms with van der Waals surface area (Å²) in [6, 6.07) is 9.29. The summed E-state index contributed by atoms with van der Waals surface area (Å²) < 4.78 is 28.8. The molecule has 7 heteroatoms. The molecule has 0 fully saturated rings. The maximum Gasteiger partial charge on any atom is 0.258 e. The van der Waals surface area contributed by atoms with Crippen molar-refractivity contribution in [3.8, 4) is 17.2 Å². The third kappa shape index (κ3) is 4.52. The Morgan fingerprint density at radius 2 is 2.00 bits per heavy atom. The maximum atomic E-state index is 13.1. The van der Waals surface area contributed by atoms with Gasteiger partial charge in [-0.3, -0.25) is 4.79 Å². The summed E-state index contributed by atoms with van der Waals surface area (Å²) in [7, 11) is 3.08. The van der Waals surface area contributed by atoms with Crippen molar-refractivity contribution in [3.63, 3.8) is 0 Å². The smallest absolute Gasteiger partial charge is 0.258 e. The van der Waals surface area contributed by atoms with Crippen LogP contribution in [0.5, 0.6) is 17.2 Å². The molecule has 0 aliphatic heterocycles. The van der Waals surface area contributed by atoms with Crippen LogP contribution in [0.3, 0.4) is 0 Å². The first-order chi connectivity index (χ1) is 11.5. The minimum Gasteiger partial charge on any atom is -0.493 e. The van der Waals surface area contributed by atoms with Crippen LogP contribution in [0.1, 0.15) is 5.56 Å². The Morgan fingerprint density at radius 1 is 1.21 bits per heavy atom. The van der Waals surface area contributed by atoms with Crippen LogP contribution in [0.15, 0.2) is 36.4 Å². The molecule has 0 radical (unpaired) electrons. The highest BCUT2D eigenvalue weighted by Gasteiger charge is 2.11. The molecule has 24 heavy (non-hydrogen) atoms. The van der Waals surface area contributed by atoms with E-state index in [1.807, 2.05) is 6.07 Å². The molecule has 0 spiro atoms. The van der Waals surface area contributed by atoms with Gasteiger partial charge in [-0.25, -0.2) is 4.39 Å². The van der Waals surface area contributed by atoms with Gasteiger partial charge in [-0.05, 0) is 18.2 Å². The molecule has 1 amide bonds. The van der Waals surface area contributed by atoms with Crippen LogP contribution in [0.4, 0.5) is 4.39 Å². The molecule has 0 aromatic heterocycles. The topological polar surface area (TPSA) is 56.8 Å². The van der Waals surface area contributed by atoms with E-state index in [0.717, 1.165) is 5.56 Å². The minimum absolute atomic E-state index is 0.0611. The predicted molar refractivity (Wildman–Crippen MR) is 88.3 cm³/mol. The highest BCUT2D eigenvalue weighted by atomic mass is 35.5. The zero-order valence-electron chi connectivity index (χ0n) is 13.3. The molecule has 2 rings (SSSR count). The summed E-state index contributed by atoms with van der Waals surface area (Å²) in [4.78, 5) is 11.9. The van der Waals surface area contributed by atoms with Gasteiger partial charge in [0.05, 0.1) is 19.2 Å². The van der Waals surface area contributed by atoms with Gasteiger partial charge in [0.15, 0.2) is 18.1 Å². The third-order valence-corrected chi connectivity index (χ3v) is 3.51. The number of halogens is 2. The number of ether oxygens (including phenoxy) is 3. The lowest BCUT2D eigenvalue weighted by Crippen LogP contribution is -2.28. The van der Waals surface area contributed by atoms with Crippen molar-refractivity contribution in [1.82, 2.24) is 5.32 Å². The second kappa shape index (κ2) is 8.40. The van der Waals surface area contributed by atoms with Gasteiger partial charge >= 0.3 is 0 Å². The van der Waals surface area contributed by atoms with E-state index in [9.17, 15) is 9.18 Å². The molecule has 0 aliphatic carbocycles. The molecular weight excluding hydrogens is 337 g/mol.